The Bertz CT molecular complexity index is 405. The fourth-order valence-corrected chi connectivity index (χ4v) is 1.71. The van der Waals surface area contributed by atoms with Crippen LogP contribution in [0.3, 0.4) is 0 Å². The van der Waals surface area contributed by atoms with E-state index in [0.29, 0.717) is 0 Å². The van der Waals surface area contributed by atoms with Gasteiger partial charge in [0.2, 0.25) is 0 Å². The quantitative estimate of drug-likeness (QED) is 0.821. The molecule has 0 saturated carbocycles. The third-order valence-electron chi connectivity index (χ3n) is 2.94. The van der Waals surface area contributed by atoms with Crippen LogP contribution in [0.5, 0.6) is 5.75 Å². The van der Waals surface area contributed by atoms with Crippen LogP contribution in [0.15, 0.2) is 24.3 Å². The number of amides is 1. The van der Waals surface area contributed by atoms with Crippen molar-refractivity contribution in [2.24, 2.45) is 0 Å². The van der Waals surface area contributed by atoms with Gasteiger partial charge in [-0.15, -0.1) is 0 Å². The summed E-state index contributed by atoms with van der Waals surface area (Å²) >= 11 is 0. The molecule has 0 saturated heterocycles. The Morgan fingerprint density at radius 3 is 2.68 bits per heavy atom. The lowest BCUT2D eigenvalue weighted by Crippen LogP contribution is -2.28. The van der Waals surface area contributed by atoms with Gasteiger partial charge in [-0.1, -0.05) is 25.1 Å². The van der Waals surface area contributed by atoms with Gasteiger partial charge in [-0.25, -0.2) is 0 Å². The van der Waals surface area contributed by atoms with Gasteiger partial charge in [0.1, 0.15) is 5.75 Å². The first-order valence-corrected chi connectivity index (χ1v) is 6.71. The largest absolute Gasteiger partial charge is 0.483 e. The van der Waals surface area contributed by atoms with Crippen molar-refractivity contribution in [3.05, 3.63) is 29.8 Å². The van der Waals surface area contributed by atoms with Crippen LogP contribution in [0, 0.1) is 0 Å². The Balaban J connectivity index is 2.70. The van der Waals surface area contributed by atoms with Crippen LogP contribution in [0.2, 0.25) is 0 Å². The highest BCUT2D eigenvalue weighted by molar-refractivity contribution is 5.77. The van der Waals surface area contributed by atoms with Crippen LogP contribution in [0.1, 0.15) is 31.9 Å². The second kappa shape index (κ2) is 7.79. The minimum absolute atomic E-state index is 0.0380. The van der Waals surface area contributed by atoms with Crippen LogP contribution in [0.25, 0.3) is 0 Å². The van der Waals surface area contributed by atoms with Crippen LogP contribution in [0.4, 0.5) is 0 Å². The molecule has 0 bridgehead atoms. The standard InChI is InChI=1S/C15H24N2O2/c1-5-10-16-12(2)13-8-6-7-9-14(13)19-11-15(18)17(3)4/h6-9,12,16H,5,10-11H2,1-4H3. The van der Waals surface area contributed by atoms with Crippen molar-refractivity contribution in [3.8, 4) is 5.75 Å². The van der Waals surface area contributed by atoms with Crippen molar-refractivity contribution in [2.45, 2.75) is 26.3 Å². The second-order valence-electron chi connectivity index (χ2n) is 4.79. The lowest BCUT2D eigenvalue weighted by molar-refractivity contribution is -0.130. The molecule has 106 valence electrons. The normalized spacial score (nSPS) is 12.0. The Kier molecular flexibility index (Phi) is 6.36. The highest BCUT2D eigenvalue weighted by Gasteiger charge is 2.12. The summed E-state index contributed by atoms with van der Waals surface area (Å²) in [5.74, 6) is 0.734. The van der Waals surface area contributed by atoms with Gasteiger partial charge in [-0.05, 0) is 26.0 Å². The van der Waals surface area contributed by atoms with E-state index in [1.165, 1.54) is 4.90 Å². The van der Waals surface area contributed by atoms with Crippen molar-refractivity contribution in [1.82, 2.24) is 10.2 Å². The Hall–Kier alpha value is -1.55. The maximum atomic E-state index is 11.6. The van der Waals surface area contributed by atoms with Gasteiger partial charge in [0, 0.05) is 25.7 Å². The molecular formula is C15H24N2O2. The van der Waals surface area contributed by atoms with Crippen LogP contribution in [-0.2, 0) is 4.79 Å². The maximum Gasteiger partial charge on any atom is 0.259 e. The molecule has 0 radical (unpaired) electrons. The molecule has 0 fully saturated rings. The van der Waals surface area contributed by atoms with E-state index in [1.54, 1.807) is 14.1 Å². The summed E-state index contributed by atoms with van der Waals surface area (Å²) < 4.78 is 5.63. The van der Waals surface area contributed by atoms with E-state index >= 15 is 0 Å². The molecule has 4 heteroatoms. The Labute approximate surface area is 115 Å². The highest BCUT2D eigenvalue weighted by atomic mass is 16.5. The van der Waals surface area contributed by atoms with Gasteiger partial charge in [0.05, 0.1) is 0 Å². The molecule has 0 aliphatic rings. The zero-order chi connectivity index (χ0) is 14.3. The van der Waals surface area contributed by atoms with E-state index in [-0.39, 0.29) is 18.6 Å². The third-order valence-corrected chi connectivity index (χ3v) is 2.94. The Morgan fingerprint density at radius 2 is 2.05 bits per heavy atom. The summed E-state index contributed by atoms with van der Waals surface area (Å²) in [7, 11) is 3.45. The van der Waals surface area contributed by atoms with Gasteiger partial charge in [-0.2, -0.15) is 0 Å². The third kappa shape index (κ3) is 4.91. The SMILES string of the molecule is CCCNC(C)c1ccccc1OCC(=O)N(C)C. The van der Waals surface area contributed by atoms with E-state index < -0.39 is 0 Å². The van der Waals surface area contributed by atoms with Gasteiger partial charge in [-0.3, -0.25) is 4.79 Å². The molecule has 1 atom stereocenters. The first kappa shape index (κ1) is 15.5. The molecule has 1 aromatic rings. The molecule has 0 heterocycles. The number of carbonyl (C=O) groups excluding carboxylic acids is 1. The van der Waals surface area contributed by atoms with Crippen molar-refractivity contribution in [3.63, 3.8) is 0 Å². The number of ether oxygens (including phenoxy) is 1. The summed E-state index contributed by atoms with van der Waals surface area (Å²) in [6.45, 7) is 5.28. The number of para-hydroxylation sites is 1. The molecule has 1 amide bonds. The van der Waals surface area contributed by atoms with Gasteiger partial charge >= 0.3 is 0 Å². The second-order valence-corrected chi connectivity index (χ2v) is 4.79. The molecule has 1 aromatic carbocycles. The minimum atomic E-state index is -0.0380. The smallest absolute Gasteiger partial charge is 0.259 e. The number of nitrogens with zero attached hydrogens (tertiary/aromatic N) is 1. The van der Waals surface area contributed by atoms with Gasteiger partial charge in [0.25, 0.3) is 5.91 Å². The molecule has 1 rings (SSSR count). The highest BCUT2D eigenvalue weighted by Crippen LogP contribution is 2.24. The predicted octanol–water partition coefficient (Wildman–Crippen LogP) is 2.21. The van der Waals surface area contributed by atoms with Crippen LogP contribution < -0.4 is 10.1 Å². The maximum absolute atomic E-state index is 11.6. The molecule has 0 spiro atoms. The van der Waals surface area contributed by atoms with Crippen molar-refractivity contribution >= 4 is 5.91 Å². The molecule has 4 nitrogen and oxygen atoms in total. The first-order chi connectivity index (χ1) is 9.06. The van der Waals surface area contributed by atoms with Crippen molar-refractivity contribution < 1.29 is 9.53 Å². The predicted molar refractivity (Wildman–Crippen MR) is 77.3 cm³/mol. The average molecular weight is 264 g/mol. The molecule has 0 aliphatic carbocycles. The van der Waals surface area contributed by atoms with E-state index in [4.69, 9.17) is 4.74 Å². The topological polar surface area (TPSA) is 41.6 Å². The number of hydrogen-bond acceptors (Lipinski definition) is 3. The van der Waals surface area contributed by atoms with Gasteiger partial charge in [0.15, 0.2) is 6.61 Å². The van der Waals surface area contributed by atoms with E-state index in [1.807, 2.05) is 24.3 Å². The minimum Gasteiger partial charge on any atom is -0.483 e. The number of nitrogens with one attached hydrogen (secondary N) is 1. The zero-order valence-corrected chi connectivity index (χ0v) is 12.3. The molecule has 0 aromatic heterocycles. The summed E-state index contributed by atoms with van der Waals surface area (Å²) in [6.07, 6.45) is 1.09. The molecule has 1 N–H and O–H groups in total. The first-order valence-electron chi connectivity index (χ1n) is 6.71. The summed E-state index contributed by atoms with van der Waals surface area (Å²) in [5.41, 5.74) is 1.09. The average Bonchev–Trinajstić information content (AvgIpc) is 2.42. The van der Waals surface area contributed by atoms with Crippen molar-refractivity contribution in [2.75, 3.05) is 27.2 Å². The lowest BCUT2D eigenvalue weighted by atomic mass is 10.1. The number of carbonyl (C=O) groups is 1. The zero-order valence-electron chi connectivity index (χ0n) is 12.3. The fourth-order valence-electron chi connectivity index (χ4n) is 1.71. The summed E-state index contributed by atoms with van der Waals surface area (Å²) in [6, 6.07) is 8.06. The van der Waals surface area contributed by atoms with E-state index in [0.717, 1.165) is 24.3 Å². The molecule has 0 aliphatic heterocycles. The van der Waals surface area contributed by atoms with Gasteiger partial charge < -0.3 is 15.0 Å². The van der Waals surface area contributed by atoms with Crippen molar-refractivity contribution in [1.29, 1.82) is 0 Å². The molecule has 1 unspecified atom stereocenters. The number of hydrogen-bond donors (Lipinski definition) is 1. The summed E-state index contributed by atoms with van der Waals surface area (Å²) in [4.78, 5) is 13.1. The molecular weight excluding hydrogens is 240 g/mol. The number of likely N-dealkylation sites (N-methyl/N-ethyl adjacent to an activating group) is 1. The Morgan fingerprint density at radius 1 is 1.37 bits per heavy atom. The number of rotatable bonds is 7. The molecule has 19 heavy (non-hydrogen) atoms. The lowest BCUT2D eigenvalue weighted by Gasteiger charge is -2.18. The van der Waals surface area contributed by atoms with E-state index in [2.05, 4.69) is 19.2 Å². The van der Waals surface area contributed by atoms with Crippen LogP contribution in [-0.4, -0.2) is 38.1 Å². The monoisotopic (exact) mass is 264 g/mol. The fraction of sp³-hybridized carbons (Fsp3) is 0.533. The summed E-state index contributed by atoms with van der Waals surface area (Å²) in [5, 5.41) is 3.42. The van der Waals surface area contributed by atoms with Crippen LogP contribution >= 0.6 is 0 Å². The number of benzene rings is 1. The van der Waals surface area contributed by atoms with E-state index in [9.17, 15) is 4.79 Å².